The van der Waals surface area contributed by atoms with Crippen LogP contribution in [0.3, 0.4) is 0 Å². The zero-order chi connectivity index (χ0) is 17.8. The lowest BCUT2D eigenvalue weighted by atomic mass is 10.1. The molecule has 0 saturated carbocycles. The molecule has 3 N–H and O–H groups in total. The van der Waals surface area contributed by atoms with Crippen LogP contribution in [0.5, 0.6) is 0 Å². The molecule has 0 aliphatic carbocycles. The summed E-state index contributed by atoms with van der Waals surface area (Å²) in [6.07, 6.45) is 11.6. The molecule has 0 aromatic heterocycles. The lowest BCUT2D eigenvalue weighted by molar-refractivity contribution is -0.131. The van der Waals surface area contributed by atoms with Crippen molar-refractivity contribution in [1.82, 2.24) is 0 Å². The molecule has 4 nitrogen and oxygen atoms in total. The fraction of sp³-hybridized carbons (Fsp3) is 0.421. The first kappa shape index (κ1) is 21.1. The molecule has 4 heteroatoms. The van der Waals surface area contributed by atoms with Gasteiger partial charge in [0, 0.05) is 6.08 Å². The van der Waals surface area contributed by atoms with Gasteiger partial charge in [0.25, 0.3) is 0 Å². The number of aliphatic carboxylic acids is 1. The third-order valence-electron chi connectivity index (χ3n) is 3.07. The number of carboxylic acids is 1. The summed E-state index contributed by atoms with van der Waals surface area (Å²) in [5.41, 5.74) is 2.69. The molecule has 0 aromatic rings. The van der Waals surface area contributed by atoms with E-state index in [1.54, 1.807) is 12.2 Å². The van der Waals surface area contributed by atoms with Gasteiger partial charge < -0.3 is 15.3 Å². The van der Waals surface area contributed by atoms with Crippen molar-refractivity contribution in [2.45, 2.75) is 52.7 Å². The van der Waals surface area contributed by atoms with Crippen LogP contribution in [-0.2, 0) is 4.79 Å². The van der Waals surface area contributed by atoms with E-state index in [0.29, 0.717) is 6.42 Å². The molecule has 0 saturated heterocycles. The van der Waals surface area contributed by atoms with Crippen LogP contribution in [0.2, 0.25) is 0 Å². The summed E-state index contributed by atoms with van der Waals surface area (Å²) in [7, 11) is 0. The minimum atomic E-state index is -0.969. The Morgan fingerprint density at radius 1 is 1.00 bits per heavy atom. The summed E-state index contributed by atoms with van der Waals surface area (Å²) < 4.78 is 0. The summed E-state index contributed by atoms with van der Waals surface area (Å²) in [5.74, 6) is -0.969. The van der Waals surface area contributed by atoms with Crippen LogP contribution in [0.1, 0.15) is 40.5 Å². The van der Waals surface area contributed by atoms with Crippen molar-refractivity contribution in [3.63, 3.8) is 0 Å². The Bertz CT molecular complexity index is 521. The maximum absolute atomic E-state index is 10.4. The Morgan fingerprint density at radius 2 is 1.65 bits per heavy atom. The second kappa shape index (κ2) is 11.6. The van der Waals surface area contributed by atoms with Crippen LogP contribution in [0.25, 0.3) is 0 Å². The van der Waals surface area contributed by atoms with Crippen LogP contribution < -0.4 is 0 Å². The number of rotatable bonds is 9. The average Bonchev–Trinajstić information content (AvgIpc) is 2.45. The summed E-state index contributed by atoms with van der Waals surface area (Å²) in [5, 5.41) is 28.1. The Morgan fingerprint density at radius 3 is 2.22 bits per heavy atom. The van der Waals surface area contributed by atoms with Crippen LogP contribution in [0.4, 0.5) is 0 Å². The number of carbonyl (C=O) groups is 1. The molecule has 0 amide bonds. The minimum absolute atomic E-state index is 0.571. The van der Waals surface area contributed by atoms with Gasteiger partial charge in [0.05, 0.1) is 12.2 Å². The Hall–Kier alpha value is -1.91. The van der Waals surface area contributed by atoms with Crippen molar-refractivity contribution in [3.05, 3.63) is 59.3 Å². The molecule has 0 aliphatic rings. The highest BCUT2D eigenvalue weighted by Crippen LogP contribution is 2.08. The van der Waals surface area contributed by atoms with E-state index in [1.165, 1.54) is 0 Å². The quantitative estimate of drug-likeness (QED) is 0.448. The van der Waals surface area contributed by atoms with E-state index in [0.717, 1.165) is 29.2 Å². The molecular formula is C19H28O4. The second-order valence-electron chi connectivity index (χ2n) is 5.59. The van der Waals surface area contributed by atoms with Crippen LogP contribution in [-0.4, -0.2) is 33.5 Å². The predicted molar refractivity (Wildman–Crippen MR) is 94.1 cm³/mol. The Kier molecular flexibility index (Phi) is 10.7. The van der Waals surface area contributed by atoms with E-state index >= 15 is 0 Å². The third-order valence-corrected chi connectivity index (χ3v) is 3.07. The standard InChI is InChI=1S/C19H28O4/c1-5-7-17(20)18(21)13-15(3)9-6-8-14(2)12-16(4)10-11-19(22)23/h6,8-13,17-18,20-21H,5,7H2,1-4H3,(H,22,23). The van der Waals surface area contributed by atoms with Crippen LogP contribution in [0, 0.1) is 0 Å². The van der Waals surface area contributed by atoms with Crippen molar-refractivity contribution in [1.29, 1.82) is 0 Å². The first-order chi connectivity index (χ1) is 10.8. The molecule has 2 unspecified atom stereocenters. The highest BCUT2D eigenvalue weighted by molar-refractivity contribution is 5.80. The van der Waals surface area contributed by atoms with E-state index in [2.05, 4.69) is 0 Å². The first-order valence-electron chi connectivity index (χ1n) is 7.75. The van der Waals surface area contributed by atoms with E-state index in [-0.39, 0.29) is 0 Å². The number of hydrogen-bond acceptors (Lipinski definition) is 3. The monoisotopic (exact) mass is 320 g/mol. The Labute approximate surface area is 138 Å². The van der Waals surface area contributed by atoms with E-state index < -0.39 is 18.2 Å². The zero-order valence-electron chi connectivity index (χ0n) is 14.4. The van der Waals surface area contributed by atoms with Gasteiger partial charge in [-0.25, -0.2) is 4.79 Å². The normalized spacial score (nSPS) is 17.0. The highest BCUT2D eigenvalue weighted by Gasteiger charge is 2.11. The van der Waals surface area contributed by atoms with Crippen molar-refractivity contribution in [3.8, 4) is 0 Å². The number of aliphatic hydroxyl groups excluding tert-OH is 2. The van der Waals surface area contributed by atoms with E-state index in [9.17, 15) is 15.0 Å². The number of carboxylic acid groups (broad SMARTS) is 1. The highest BCUT2D eigenvalue weighted by atomic mass is 16.4. The maximum Gasteiger partial charge on any atom is 0.328 e. The van der Waals surface area contributed by atoms with Gasteiger partial charge in [-0.1, -0.05) is 66.5 Å². The molecule has 0 aliphatic heterocycles. The van der Waals surface area contributed by atoms with Gasteiger partial charge in [0.1, 0.15) is 0 Å². The molecular weight excluding hydrogens is 292 g/mol. The van der Waals surface area contributed by atoms with Gasteiger partial charge >= 0.3 is 5.97 Å². The largest absolute Gasteiger partial charge is 0.478 e. The average molecular weight is 320 g/mol. The number of allylic oxidation sites excluding steroid dienone is 8. The van der Waals surface area contributed by atoms with E-state index in [4.69, 9.17) is 5.11 Å². The van der Waals surface area contributed by atoms with Crippen LogP contribution >= 0.6 is 0 Å². The summed E-state index contributed by atoms with van der Waals surface area (Å²) in [6, 6.07) is 0. The molecule has 0 radical (unpaired) electrons. The number of aliphatic hydroxyl groups is 2. The molecule has 0 bridgehead atoms. The minimum Gasteiger partial charge on any atom is -0.478 e. The molecule has 0 spiro atoms. The number of hydrogen-bond donors (Lipinski definition) is 3. The summed E-state index contributed by atoms with van der Waals surface area (Å²) in [4.78, 5) is 10.4. The maximum atomic E-state index is 10.4. The predicted octanol–water partition coefficient (Wildman–Crippen LogP) is 3.54. The summed E-state index contributed by atoms with van der Waals surface area (Å²) in [6.45, 7) is 7.57. The second-order valence-corrected chi connectivity index (χ2v) is 5.59. The van der Waals surface area contributed by atoms with Gasteiger partial charge in [-0.15, -0.1) is 0 Å². The SMILES string of the molecule is CCCC(O)C(O)C=C(C)C=CC=C(C)C=C(C)C=CC(=O)O. The van der Waals surface area contributed by atoms with Gasteiger partial charge in [-0.2, -0.15) is 0 Å². The van der Waals surface area contributed by atoms with Gasteiger partial charge in [-0.05, 0) is 27.2 Å². The van der Waals surface area contributed by atoms with Crippen molar-refractivity contribution in [2.24, 2.45) is 0 Å². The lowest BCUT2D eigenvalue weighted by Crippen LogP contribution is -2.23. The van der Waals surface area contributed by atoms with Crippen LogP contribution in [0.15, 0.2) is 59.3 Å². The van der Waals surface area contributed by atoms with Gasteiger partial charge in [-0.3, -0.25) is 0 Å². The molecule has 128 valence electrons. The van der Waals surface area contributed by atoms with Gasteiger partial charge in [0.2, 0.25) is 0 Å². The third kappa shape index (κ3) is 11.3. The zero-order valence-corrected chi connectivity index (χ0v) is 14.4. The molecule has 0 rings (SSSR count). The van der Waals surface area contributed by atoms with Crippen molar-refractivity contribution < 1.29 is 20.1 Å². The van der Waals surface area contributed by atoms with E-state index in [1.807, 2.05) is 52.0 Å². The Balaban J connectivity index is 4.71. The molecule has 0 fully saturated rings. The molecule has 0 heterocycles. The topological polar surface area (TPSA) is 77.8 Å². The molecule has 0 aromatic carbocycles. The molecule has 23 heavy (non-hydrogen) atoms. The lowest BCUT2D eigenvalue weighted by Gasteiger charge is -2.13. The fourth-order valence-electron chi connectivity index (χ4n) is 1.91. The van der Waals surface area contributed by atoms with Crippen molar-refractivity contribution in [2.75, 3.05) is 0 Å². The van der Waals surface area contributed by atoms with Crippen molar-refractivity contribution >= 4 is 5.97 Å². The summed E-state index contributed by atoms with van der Waals surface area (Å²) >= 11 is 0. The smallest absolute Gasteiger partial charge is 0.328 e. The fourth-order valence-corrected chi connectivity index (χ4v) is 1.91. The molecule has 2 atom stereocenters. The van der Waals surface area contributed by atoms with Gasteiger partial charge in [0.15, 0.2) is 0 Å². The first-order valence-corrected chi connectivity index (χ1v) is 7.75.